The van der Waals surface area contributed by atoms with Crippen molar-refractivity contribution in [2.45, 2.75) is 6.92 Å². The average Bonchev–Trinajstić information content (AvgIpc) is 3.00. The second-order valence-electron chi connectivity index (χ2n) is 6.21. The third-order valence-corrected chi connectivity index (χ3v) is 4.24. The molecular weight excluding hydrogens is 348 g/mol. The molecule has 2 heterocycles. The number of hydrogen-bond donors (Lipinski definition) is 1. The molecule has 1 N–H and O–H groups in total. The van der Waals surface area contributed by atoms with Gasteiger partial charge in [-0.25, -0.2) is 13.8 Å². The third-order valence-electron chi connectivity index (χ3n) is 4.24. The zero-order valence-electron chi connectivity index (χ0n) is 14.4. The van der Waals surface area contributed by atoms with E-state index in [1.165, 1.54) is 36.4 Å². The van der Waals surface area contributed by atoms with Crippen LogP contribution in [0.2, 0.25) is 0 Å². The van der Waals surface area contributed by atoms with Gasteiger partial charge >= 0.3 is 0 Å². The summed E-state index contributed by atoms with van der Waals surface area (Å²) in [4.78, 5) is 17.2. The summed E-state index contributed by atoms with van der Waals surface area (Å²) in [6.07, 6.45) is 1.81. The lowest BCUT2D eigenvalue weighted by Crippen LogP contribution is -2.14. The maximum absolute atomic E-state index is 13.3. The first-order valence-corrected chi connectivity index (χ1v) is 8.33. The average molecular weight is 363 g/mol. The van der Waals surface area contributed by atoms with E-state index in [9.17, 15) is 13.6 Å². The number of nitrogens with zero attached hydrogens (tertiary/aromatic N) is 2. The first-order chi connectivity index (χ1) is 13.0. The van der Waals surface area contributed by atoms with Crippen molar-refractivity contribution in [3.05, 3.63) is 89.6 Å². The van der Waals surface area contributed by atoms with Gasteiger partial charge in [-0.1, -0.05) is 0 Å². The van der Waals surface area contributed by atoms with Crippen molar-refractivity contribution < 1.29 is 13.6 Å². The van der Waals surface area contributed by atoms with Crippen molar-refractivity contribution in [2.24, 2.45) is 0 Å². The number of pyridine rings is 1. The monoisotopic (exact) mass is 363 g/mol. The number of carbonyl (C=O) groups excluding carboxylic acids is 1. The predicted molar refractivity (Wildman–Crippen MR) is 99.7 cm³/mol. The molecule has 4 rings (SSSR count). The van der Waals surface area contributed by atoms with Gasteiger partial charge in [0.15, 0.2) is 0 Å². The van der Waals surface area contributed by atoms with Gasteiger partial charge < -0.3 is 5.32 Å². The molecule has 0 atom stereocenters. The minimum Gasteiger partial charge on any atom is -0.306 e. The quantitative estimate of drug-likeness (QED) is 0.566. The summed E-state index contributed by atoms with van der Waals surface area (Å²) in [5.41, 5.74) is 3.20. The van der Waals surface area contributed by atoms with Gasteiger partial charge in [-0.3, -0.25) is 9.20 Å². The van der Waals surface area contributed by atoms with E-state index in [1.54, 1.807) is 16.5 Å². The van der Waals surface area contributed by atoms with Gasteiger partial charge in [-0.15, -0.1) is 0 Å². The molecule has 0 aliphatic rings. The van der Waals surface area contributed by atoms with Crippen LogP contribution in [0.15, 0.2) is 66.9 Å². The first-order valence-electron chi connectivity index (χ1n) is 8.33. The molecule has 0 fully saturated rings. The zero-order chi connectivity index (χ0) is 19.0. The summed E-state index contributed by atoms with van der Waals surface area (Å²) in [6, 6.07) is 15.0. The number of rotatable bonds is 3. The number of halogens is 2. The fourth-order valence-corrected chi connectivity index (χ4v) is 2.86. The highest BCUT2D eigenvalue weighted by molar-refractivity contribution is 6.05. The second-order valence-corrected chi connectivity index (χ2v) is 6.21. The van der Waals surface area contributed by atoms with Gasteiger partial charge in [0.1, 0.15) is 28.8 Å². The third kappa shape index (κ3) is 3.29. The topological polar surface area (TPSA) is 46.4 Å². The summed E-state index contributed by atoms with van der Waals surface area (Å²) in [6.45, 7) is 1.95. The molecular formula is C21H15F2N3O. The minimum atomic E-state index is -0.413. The Morgan fingerprint density at radius 2 is 1.59 bits per heavy atom. The van der Waals surface area contributed by atoms with Gasteiger partial charge in [0.25, 0.3) is 5.91 Å². The van der Waals surface area contributed by atoms with Gasteiger partial charge in [0, 0.05) is 17.3 Å². The van der Waals surface area contributed by atoms with E-state index in [-0.39, 0.29) is 11.7 Å². The van der Waals surface area contributed by atoms with Crippen LogP contribution in [0.4, 0.5) is 14.6 Å². The summed E-state index contributed by atoms with van der Waals surface area (Å²) in [5.74, 6) is -0.689. The number of anilines is 1. The fraction of sp³-hybridized carbons (Fsp3) is 0.0476. The van der Waals surface area contributed by atoms with Crippen LogP contribution < -0.4 is 5.32 Å². The van der Waals surface area contributed by atoms with Crippen LogP contribution in [-0.4, -0.2) is 15.3 Å². The standard InChI is InChI=1S/C21H15F2N3O/c1-13-10-11-26-18(12-13)24-19(14-2-6-16(22)7-3-14)20(26)25-21(27)15-4-8-17(23)9-5-15/h2-12H,1H3,(H,25,27). The first kappa shape index (κ1) is 16.9. The van der Waals surface area contributed by atoms with E-state index in [2.05, 4.69) is 10.3 Å². The smallest absolute Gasteiger partial charge is 0.256 e. The Hall–Kier alpha value is -3.54. The highest BCUT2D eigenvalue weighted by Crippen LogP contribution is 2.29. The van der Waals surface area contributed by atoms with Gasteiger partial charge in [-0.2, -0.15) is 0 Å². The number of hydrogen-bond acceptors (Lipinski definition) is 2. The molecule has 0 saturated heterocycles. The number of aromatic nitrogens is 2. The SMILES string of the molecule is Cc1ccn2c(NC(=O)c3ccc(F)cc3)c(-c3ccc(F)cc3)nc2c1. The van der Waals surface area contributed by atoms with E-state index in [0.717, 1.165) is 5.56 Å². The van der Waals surface area contributed by atoms with E-state index < -0.39 is 5.82 Å². The van der Waals surface area contributed by atoms with Crippen LogP contribution in [0.5, 0.6) is 0 Å². The predicted octanol–water partition coefficient (Wildman–Crippen LogP) is 4.84. The number of nitrogens with one attached hydrogen (secondary N) is 1. The summed E-state index contributed by atoms with van der Waals surface area (Å²) in [5, 5.41) is 2.85. The van der Waals surface area contributed by atoms with Crippen LogP contribution in [0, 0.1) is 18.6 Å². The number of benzene rings is 2. The van der Waals surface area contributed by atoms with Gasteiger partial charge in [0.2, 0.25) is 0 Å². The molecule has 134 valence electrons. The maximum atomic E-state index is 13.3. The Labute approximate surface area is 154 Å². The van der Waals surface area contributed by atoms with Crippen molar-refractivity contribution in [2.75, 3.05) is 5.32 Å². The van der Waals surface area contributed by atoms with Crippen molar-refractivity contribution >= 4 is 17.4 Å². The number of aryl methyl sites for hydroxylation is 1. The fourth-order valence-electron chi connectivity index (χ4n) is 2.86. The molecule has 4 aromatic rings. The number of carbonyl (C=O) groups is 1. The van der Waals surface area contributed by atoms with Gasteiger partial charge in [-0.05, 0) is 73.2 Å². The van der Waals surface area contributed by atoms with Crippen molar-refractivity contribution in [1.29, 1.82) is 0 Å². The lowest BCUT2D eigenvalue weighted by atomic mass is 10.1. The van der Waals surface area contributed by atoms with Crippen LogP contribution in [0.3, 0.4) is 0 Å². The van der Waals surface area contributed by atoms with Crippen molar-refractivity contribution in [3.63, 3.8) is 0 Å². The maximum Gasteiger partial charge on any atom is 0.256 e. The number of fused-ring (bicyclic) bond motifs is 1. The molecule has 0 aliphatic carbocycles. The van der Waals surface area contributed by atoms with Gasteiger partial charge in [0.05, 0.1) is 0 Å². The second kappa shape index (κ2) is 6.64. The molecule has 0 spiro atoms. The molecule has 0 aliphatic heterocycles. The molecule has 4 nitrogen and oxygen atoms in total. The molecule has 0 radical (unpaired) electrons. The Morgan fingerprint density at radius 3 is 2.26 bits per heavy atom. The van der Waals surface area contributed by atoms with E-state index in [1.807, 2.05) is 25.3 Å². The molecule has 0 saturated carbocycles. The van der Waals surface area contributed by atoms with Crippen molar-refractivity contribution in [3.8, 4) is 11.3 Å². The van der Waals surface area contributed by atoms with Crippen LogP contribution in [-0.2, 0) is 0 Å². The minimum absolute atomic E-state index is 0.323. The number of amides is 1. The Bertz CT molecular complexity index is 1130. The lowest BCUT2D eigenvalue weighted by Gasteiger charge is -2.08. The van der Waals surface area contributed by atoms with E-state index in [4.69, 9.17) is 0 Å². The van der Waals surface area contributed by atoms with E-state index >= 15 is 0 Å². The highest BCUT2D eigenvalue weighted by Gasteiger charge is 2.17. The van der Waals surface area contributed by atoms with E-state index in [0.29, 0.717) is 28.3 Å². The number of imidazole rings is 1. The molecule has 0 bridgehead atoms. The summed E-state index contributed by atoms with van der Waals surface area (Å²) >= 11 is 0. The Kier molecular flexibility index (Phi) is 4.16. The molecule has 0 unspecified atom stereocenters. The van der Waals surface area contributed by atoms with Crippen molar-refractivity contribution in [1.82, 2.24) is 9.38 Å². The Morgan fingerprint density at radius 1 is 0.963 bits per heavy atom. The van der Waals surface area contributed by atoms with Crippen LogP contribution in [0.1, 0.15) is 15.9 Å². The summed E-state index contributed by atoms with van der Waals surface area (Å²) < 4.78 is 28.2. The molecule has 6 heteroatoms. The normalized spacial score (nSPS) is 10.9. The zero-order valence-corrected chi connectivity index (χ0v) is 14.4. The molecule has 2 aromatic heterocycles. The Balaban J connectivity index is 1.82. The molecule has 2 aromatic carbocycles. The summed E-state index contributed by atoms with van der Waals surface area (Å²) in [7, 11) is 0. The van der Waals surface area contributed by atoms with Crippen LogP contribution in [0.25, 0.3) is 16.9 Å². The molecule has 1 amide bonds. The van der Waals surface area contributed by atoms with Crippen LogP contribution >= 0.6 is 0 Å². The lowest BCUT2D eigenvalue weighted by molar-refractivity contribution is 0.102. The largest absolute Gasteiger partial charge is 0.306 e. The molecule has 27 heavy (non-hydrogen) atoms. The highest BCUT2D eigenvalue weighted by atomic mass is 19.1.